The second-order valence-corrected chi connectivity index (χ2v) is 5.37. The summed E-state index contributed by atoms with van der Waals surface area (Å²) in [5.74, 6) is 0. The van der Waals surface area contributed by atoms with Gasteiger partial charge in [0.15, 0.2) is 0 Å². The fourth-order valence-corrected chi connectivity index (χ4v) is 3.04. The fraction of sp³-hybridized carbons (Fsp3) is 0.357. The molecule has 0 radical (unpaired) electrons. The highest BCUT2D eigenvalue weighted by Crippen LogP contribution is 2.28. The summed E-state index contributed by atoms with van der Waals surface area (Å²) < 4.78 is 0. The molecule has 0 aliphatic rings. The lowest BCUT2D eigenvalue weighted by molar-refractivity contribution is 0.700. The monoisotopic (exact) mass is 246 g/mol. The number of nitrogens with one attached hydrogen (secondary N) is 1. The maximum absolute atomic E-state index is 4.27. The van der Waals surface area contributed by atoms with Crippen LogP contribution in [0.15, 0.2) is 30.6 Å². The number of pyridine rings is 1. The van der Waals surface area contributed by atoms with Gasteiger partial charge in [-0.2, -0.15) is 0 Å². The molecule has 2 nitrogen and oxygen atoms in total. The molecule has 2 rings (SSSR count). The van der Waals surface area contributed by atoms with Gasteiger partial charge in [-0.05, 0) is 43.7 Å². The first-order valence-corrected chi connectivity index (χ1v) is 6.73. The average molecular weight is 246 g/mol. The molecule has 0 bridgehead atoms. The topological polar surface area (TPSA) is 24.9 Å². The maximum Gasteiger partial charge on any atom is 0.0683 e. The molecule has 0 saturated carbocycles. The van der Waals surface area contributed by atoms with E-state index in [9.17, 15) is 0 Å². The second kappa shape index (κ2) is 5.43. The molecule has 0 amide bonds. The van der Waals surface area contributed by atoms with Crippen LogP contribution in [-0.2, 0) is 6.42 Å². The normalized spacial score (nSPS) is 12.6. The minimum Gasteiger partial charge on any atom is -0.309 e. The number of nitrogens with zero attached hydrogens (tertiary/aromatic N) is 1. The van der Waals surface area contributed by atoms with Crippen molar-refractivity contribution in [2.75, 3.05) is 7.05 Å². The molecule has 0 saturated heterocycles. The van der Waals surface area contributed by atoms with Crippen LogP contribution in [0.5, 0.6) is 0 Å². The summed E-state index contributed by atoms with van der Waals surface area (Å²) in [7, 11) is 2.00. The molecule has 17 heavy (non-hydrogen) atoms. The third kappa shape index (κ3) is 2.73. The zero-order chi connectivity index (χ0) is 12.3. The molecule has 1 atom stereocenters. The lowest BCUT2D eigenvalue weighted by Gasteiger charge is -2.15. The van der Waals surface area contributed by atoms with Gasteiger partial charge in [-0.3, -0.25) is 4.98 Å². The van der Waals surface area contributed by atoms with Crippen molar-refractivity contribution in [1.29, 1.82) is 0 Å². The van der Waals surface area contributed by atoms with Crippen molar-refractivity contribution in [3.8, 4) is 0 Å². The Bertz CT molecular complexity index is 490. The molecular formula is C14H18N2S. The van der Waals surface area contributed by atoms with Gasteiger partial charge in [-0.1, -0.05) is 13.0 Å². The Morgan fingerprint density at radius 1 is 1.35 bits per heavy atom. The molecule has 90 valence electrons. The predicted molar refractivity (Wildman–Crippen MR) is 73.6 cm³/mol. The fourth-order valence-electron chi connectivity index (χ4n) is 1.95. The molecule has 2 aromatic rings. The number of aryl methyl sites for hydroxylation is 2. The summed E-state index contributed by atoms with van der Waals surface area (Å²) in [4.78, 5) is 7.06. The number of thiophene rings is 1. The van der Waals surface area contributed by atoms with E-state index in [1.54, 1.807) is 0 Å². The van der Waals surface area contributed by atoms with Gasteiger partial charge in [0.25, 0.3) is 0 Å². The van der Waals surface area contributed by atoms with E-state index in [4.69, 9.17) is 0 Å². The Morgan fingerprint density at radius 2 is 2.18 bits per heavy atom. The van der Waals surface area contributed by atoms with E-state index >= 15 is 0 Å². The molecule has 0 fully saturated rings. The van der Waals surface area contributed by atoms with Crippen molar-refractivity contribution in [3.63, 3.8) is 0 Å². The molecule has 0 aromatic carbocycles. The van der Waals surface area contributed by atoms with Crippen LogP contribution in [0.25, 0.3) is 0 Å². The van der Waals surface area contributed by atoms with Crippen LogP contribution in [0.4, 0.5) is 0 Å². The first-order valence-electron chi connectivity index (χ1n) is 5.92. The molecule has 1 unspecified atom stereocenters. The molecule has 2 heterocycles. The molecule has 2 aromatic heterocycles. The Kier molecular flexibility index (Phi) is 3.92. The van der Waals surface area contributed by atoms with Gasteiger partial charge < -0.3 is 5.32 Å². The number of aromatic nitrogens is 1. The first kappa shape index (κ1) is 12.3. The van der Waals surface area contributed by atoms with Crippen LogP contribution in [0, 0.1) is 6.92 Å². The van der Waals surface area contributed by atoms with Gasteiger partial charge in [0, 0.05) is 22.1 Å². The first-order chi connectivity index (χ1) is 8.24. The largest absolute Gasteiger partial charge is 0.309 e. The van der Waals surface area contributed by atoms with Crippen molar-refractivity contribution in [3.05, 3.63) is 51.5 Å². The van der Waals surface area contributed by atoms with Gasteiger partial charge in [-0.25, -0.2) is 0 Å². The third-order valence-corrected chi connectivity index (χ3v) is 4.13. The van der Waals surface area contributed by atoms with Gasteiger partial charge in [-0.15, -0.1) is 11.3 Å². The van der Waals surface area contributed by atoms with Crippen LogP contribution in [0.2, 0.25) is 0 Å². The quantitative estimate of drug-likeness (QED) is 0.895. The van der Waals surface area contributed by atoms with Gasteiger partial charge in [0.1, 0.15) is 0 Å². The average Bonchev–Trinajstić information content (AvgIpc) is 2.79. The van der Waals surface area contributed by atoms with Crippen molar-refractivity contribution in [2.24, 2.45) is 0 Å². The van der Waals surface area contributed by atoms with Crippen molar-refractivity contribution in [2.45, 2.75) is 26.3 Å². The van der Waals surface area contributed by atoms with Crippen LogP contribution >= 0.6 is 11.3 Å². The Balaban J connectivity index is 2.33. The molecule has 0 aliphatic carbocycles. The standard InChI is InChI=1S/C14H18N2S/c1-4-12-5-6-13(17-12)14(15-3)11-7-10(2)8-16-9-11/h5-9,14-15H,4H2,1-3H3. The Morgan fingerprint density at radius 3 is 2.76 bits per heavy atom. The van der Waals surface area contributed by atoms with Gasteiger partial charge in [0.05, 0.1) is 6.04 Å². The zero-order valence-corrected chi connectivity index (χ0v) is 11.3. The van der Waals surface area contributed by atoms with Crippen LogP contribution in [0.3, 0.4) is 0 Å². The smallest absolute Gasteiger partial charge is 0.0683 e. The summed E-state index contributed by atoms with van der Waals surface area (Å²) in [5.41, 5.74) is 2.44. The molecule has 0 spiro atoms. The molecule has 3 heteroatoms. The van der Waals surface area contributed by atoms with E-state index < -0.39 is 0 Å². The second-order valence-electron chi connectivity index (χ2n) is 4.17. The highest BCUT2D eigenvalue weighted by Gasteiger charge is 2.14. The molecule has 1 N–H and O–H groups in total. The summed E-state index contributed by atoms with van der Waals surface area (Å²) in [6.45, 7) is 4.27. The lowest BCUT2D eigenvalue weighted by Crippen LogP contribution is -2.16. The summed E-state index contributed by atoms with van der Waals surface area (Å²) >= 11 is 1.88. The minimum absolute atomic E-state index is 0.257. The number of hydrogen-bond donors (Lipinski definition) is 1. The Labute approximate surface area is 107 Å². The van der Waals surface area contributed by atoms with E-state index in [2.05, 4.69) is 42.3 Å². The number of hydrogen-bond acceptors (Lipinski definition) is 3. The van der Waals surface area contributed by atoms with E-state index in [1.807, 2.05) is 30.8 Å². The third-order valence-electron chi connectivity index (χ3n) is 2.83. The highest BCUT2D eigenvalue weighted by atomic mass is 32.1. The van der Waals surface area contributed by atoms with Gasteiger partial charge in [0.2, 0.25) is 0 Å². The summed E-state index contributed by atoms with van der Waals surface area (Å²) in [6.07, 6.45) is 4.94. The Hall–Kier alpha value is -1.19. The van der Waals surface area contributed by atoms with Gasteiger partial charge >= 0.3 is 0 Å². The molecule has 0 aliphatic heterocycles. The van der Waals surface area contributed by atoms with E-state index in [-0.39, 0.29) is 6.04 Å². The van der Waals surface area contributed by atoms with Crippen molar-refractivity contribution in [1.82, 2.24) is 10.3 Å². The highest BCUT2D eigenvalue weighted by molar-refractivity contribution is 7.12. The van der Waals surface area contributed by atoms with E-state index in [0.29, 0.717) is 0 Å². The minimum atomic E-state index is 0.257. The number of rotatable bonds is 4. The predicted octanol–water partition coefficient (Wildman–Crippen LogP) is 3.32. The van der Waals surface area contributed by atoms with Crippen LogP contribution in [-0.4, -0.2) is 12.0 Å². The van der Waals surface area contributed by atoms with E-state index in [0.717, 1.165) is 6.42 Å². The molecular weight excluding hydrogens is 228 g/mol. The maximum atomic E-state index is 4.27. The summed E-state index contributed by atoms with van der Waals surface area (Å²) in [6, 6.07) is 6.88. The van der Waals surface area contributed by atoms with Crippen LogP contribution in [0.1, 0.15) is 33.8 Å². The lowest BCUT2D eigenvalue weighted by atomic mass is 10.1. The van der Waals surface area contributed by atoms with Crippen molar-refractivity contribution < 1.29 is 0 Å². The summed E-state index contributed by atoms with van der Waals surface area (Å²) in [5, 5.41) is 3.37. The zero-order valence-electron chi connectivity index (χ0n) is 10.5. The van der Waals surface area contributed by atoms with Crippen molar-refractivity contribution >= 4 is 11.3 Å². The van der Waals surface area contributed by atoms with Crippen LogP contribution < -0.4 is 5.32 Å². The SMILES string of the molecule is CCc1ccc(C(NC)c2cncc(C)c2)s1. The van der Waals surface area contributed by atoms with E-state index in [1.165, 1.54) is 20.9 Å².